The molecule has 1 aliphatic rings. The van der Waals surface area contributed by atoms with Gasteiger partial charge in [-0.3, -0.25) is 4.79 Å². The summed E-state index contributed by atoms with van der Waals surface area (Å²) >= 11 is 0. The fourth-order valence-electron chi connectivity index (χ4n) is 1.83. The fraction of sp³-hybridized carbons (Fsp3) is 0.909. The molecule has 0 saturated carbocycles. The number of nitrogens with zero attached hydrogens (tertiary/aromatic N) is 1. The second-order valence-electron chi connectivity index (χ2n) is 4.13. The Labute approximate surface area is 91.8 Å². The lowest BCUT2D eigenvalue weighted by atomic mass is 10.0. The number of likely N-dealkylation sites (N-methyl/N-ethyl adjacent to an activating group) is 1. The summed E-state index contributed by atoms with van der Waals surface area (Å²) in [5.74, 6) is 0.176. The van der Waals surface area contributed by atoms with Crippen LogP contribution in [-0.4, -0.2) is 43.7 Å². The van der Waals surface area contributed by atoms with E-state index >= 15 is 0 Å². The van der Waals surface area contributed by atoms with Crippen molar-refractivity contribution in [2.75, 3.05) is 26.7 Å². The third-order valence-electron chi connectivity index (χ3n) is 2.84. The number of hydrogen-bond donors (Lipinski definition) is 1. The number of carbonyl (C=O) groups is 1. The van der Waals surface area contributed by atoms with Crippen LogP contribution in [-0.2, 0) is 9.53 Å². The second-order valence-corrected chi connectivity index (χ2v) is 4.13. The van der Waals surface area contributed by atoms with Crippen LogP contribution in [0.1, 0.15) is 32.1 Å². The smallest absolute Gasteiger partial charge is 0.222 e. The van der Waals surface area contributed by atoms with Crippen LogP contribution in [0.5, 0.6) is 0 Å². The average molecular weight is 214 g/mol. The molecule has 1 unspecified atom stereocenters. The van der Waals surface area contributed by atoms with Gasteiger partial charge in [0.05, 0.1) is 6.10 Å². The van der Waals surface area contributed by atoms with Gasteiger partial charge in [0.25, 0.3) is 0 Å². The second kappa shape index (κ2) is 6.80. The maximum Gasteiger partial charge on any atom is 0.222 e. The molecule has 0 aliphatic carbocycles. The van der Waals surface area contributed by atoms with Crippen LogP contribution in [0, 0.1) is 0 Å². The molecular weight excluding hydrogens is 192 g/mol. The van der Waals surface area contributed by atoms with Crippen molar-refractivity contribution >= 4 is 5.91 Å². The minimum atomic E-state index is 0.176. The summed E-state index contributed by atoms with van der Waals surface area (Å²) in [6.45, 7) is 2.03. The van der Waals surface area contributed by atoms with Crippen molar-refractivity contribution in [3.63, 3.8) is 0 Å². The van der Waals surface area contributed by atoms with E-state index in [0.29, 0.717) is 25.6 Å². The summed E-state index contributed by atoms with van der Waals surface area (Å²) in [5.41, 5.74) is 5.39. The highest BCUT2D eigenvalue weighted by atomic mass is 16.5. The van der Waals surface area contributed by atoms with Crippen LogP contribution in [0.3, 0.4) is 0 Å². The first-order valence-corrected chi connectivity index (χ1v) is 5.79. The molecule has 0 radical (unpaired) electrons. The molecule has 1 fully saturated rings. The Bertz CT molecular complexity index is 191. The van der Waals surface area contributed by atoms with Crippen LogP contribution >= 0.6 is 0 Å². The van der Waals surface area contributed by atoms with E-state index in [4.69, 9.17) is 10.5 Å². The Hall–Kier alpha value is -0.610. The molecule has 0 bridgehead atoms. The van der Waals surface area contributed by atoms with E-state index in [0.717, 1.165) is 25.9 Å². The third-order valence-corrected chi connectivity index (χ3v) is 2.84. The maximum atomic E-state index is 11.6. The van der Waals surface area contributed by atoms with Crippen LogP contribution in [0.15, 0.2) is 0 Å². The highest BCUT2D eigenvalue weighted by Crippen LogP contribution is 2.17. The zero-order valence-electron chi connectivity index (χ0n) is 9.58. The van der Waals surface area contributed by atoms with E-state index in [1.54, 1.807) is 11.9 Å². The minimum absolute atomic E-state index is 0.176. The molecule has 0 aromatic heterocycles. The van der Waals surface area contributed by atoms with Crippen molar-refractivity contribution < 1.29 is 9.53 Å². The zero-order valence-corrected chi connectivity index (χ0v) is 9.58. The van der Waals surface area contributed by atoms with Gasteiger partial charge < -0.3 is 15.4 Å². The third kappa shape index (κ3) is 4.62. The molecule has 1 aliphatic heterocycles. The molecule has 4 nitrogen and oxygen atoms in total. The van der Waals surface area contributed by atoms with E-state index in [2.05, 4.69) is 0 Å². The summed E-state index contributed by atoms with van der Waals surface area (Å²) in [6.07, 6.45) is 5.24. The van der Waals surface area contributed by atoms with Gasteiger partial charge in [0, 0.05) is 33.2 Å². The van der Waals surface area contributed by atoms with Crippen molar-refractivity contribution in [1.82, 2.24) is 4.90 Å². The normalized spacial score (nSPS) is 21.3. The molecule has 1 rings (SSSR count). The molecule has 88 valence electrons. The first-order chi connectivity index (χ1) is 7.24. The van der Waals surface area contributed by atoms with Gasteiger partial charge >= 0.3 is 0 Å². The first kappa shape index (κ1) is 12.5. The summed E-state index contributed by atoms with van der Waals surface area (Å²) in [4.78, 5) is 13.3. The van der Waals surface area contributed by atoms with E-state index in [-0.39, 0.29) is 5.91 Å². The monoisotopic (exact) mass is 214 g/mol. The van der Waals surface area contributed by atoms with Gasteiger partial charge in [-0.05, 0) is 25.7 Å². The molecule has 1 atom stereocenters. The average Bonchev–Trinajstić information content (AvgIpc) is 2.27. The SMILES string of the molecule is CN(CCN)C(=O)CCC1CCCCO1. The van der Waals surface area contributed by atoms with E-state index < -0.39 is 0 Å². The minimum Gasteiger partial charge on any atom is -0.378 e. The number of rotatable bonds is 5. The highest BCUT2D eigenvalue weighted by Gasteiger charge is 2.16. The molecule has 1 amide bonds. The van der Waals surface area contributed by atoms with E-state index in [1.165, 1.54) is 6.42 Å². The summed E-state index contributed by atoms with van der Waals surface area (Å²) < 4.78 is 5.57. The molecule has 1 heterocycles. The maximum absolute atomic E-state index is 11.6. The molecule has 0 aromatic rings. The predicted molar refractivity (Wildman–Crippen MR) is 59.5 cm³/mol. The Morgan fingerprint density at radius 1 is 1.53 bits per heavy atom. The molecule has 1 saturated heterocycles. The van der Waals surface area contributed by atoms with Gasteiger partial charge in [0.2, 0.25) is 5.91 Å². The lowest BCUT2D eigenvalue weighted by molar-refractivity contribution is -0.130. The largest absolute Gasteiger partial charge is 0.378 e. The van der Waals surface area contributed by atoms with Crippen molar-refractivity contribution in [2.45, 2.75) is 38.2 Å². The lowest BCUT2D eigenvalue weighted by Crippen LogP contribution is -2.32. The van der Waals surface area contributed by atoms with Crippen LogP contribution in [0.4, 0.5) is 0 Å². The van der Waals surface area contributed by atoms with Gasteiger partial charge in [0.1, 0.15) is 0 Å². The van der Waals surface area contributed by atoms with Gasteiger partial charge in [0.15, 0.2) is 0 Å². The van der Waals surface area contributed by atoms with Crippen LogP contribution in [0.25, 0.3) is 0 Å². The highest BCUT2D eigenvalue weighted by molar-refractivity contribution is 5.75. The number of ether oxygens (including phenoxy) is 1. The number of hydrogen-bond acceptors (Lipinski definition) is 3. The lowest BCUT2D eigenvalue weighted by Gasteiger charge is -2.23. The Morgan fingerprint density at radius 3 is 2.93 bits per heavy atom. The van der Waals surface area contributed by atoms with Gasteiger partial charge in [-0.15, -0.1) is 0 Å². The van der Waals surface area contributed by atoms with Crippen molar-refractivity contribution in [2.24, 2.45) is 5.73 Å². The first-order valence-electron chi connectivity index (χ1n) is 5.79. The van der Waals surface area contributed by atoms with Gasteiger partial charge in [-0.1, -0.05) is 0 Å². The van der Waals surface area contributed by atoms with Crippen molar-refractivity contribution in [1.29, 1.82) is 0 Å². The predicted octanol–water partition coefficient (Wildman–Crippen LogP) is 0.753. The number of amides is 1. The van der Waals surface area contributed by atoms with Gasteiger partial charge in [-0.25, -0.2) is 0 Å². The molecular formula is C11H22N2O2. The topological polar surface area (TPSA) is 55.6 Å². The van der Waals surface area contributed by atoms with Crippen molar-refractivity contribution in [3.05, 3.63) is 0 Å². The Morgan fingerprint density at radius 2 is 2.33 bits per heavy atom. The van der Waals surface area contributed by atoms with Crippen LogP contribution < -0.4 is 5.73 Å². The standard InChI is InChI=1S/C11H22N2O2/c1-13(8-7-12)11(14)6-5-10-4-2-3-9-15-10/h10H,2-9,12H2,1H3. The molecule has 0 spiro atoms. The number of carbonyl (C=O) groups excluding carboxylic acids is 1. The van der Waals surface area contributed by atoms with Crippen molar-refractivity contribution in [3.8, 4) is 0 Å². The molecule has 0 aromatic carbocycles. The summed E-state index contributed by atoms with van der Waals surface area (Å²) in [7, 11) is 1.80. The molecule has 15 heavy (non-hydrogen) atoms. The number of nitrogens with two attached hydrogens (primary N) is 1. The zero-order chi connectivity index (χ0) is 11.1. The molecule has 4 heteroatoms. The Kier molecular flexibility index (Phi) is 5.65. The fourth-order valence-corrected chi connectivity index (χ4v) is 1.83. The van der Waals surface area contributed by atoms with E-state index in [1.807, 2.05) is 0 Å². The quantitative estimate of drug-likeness (QED) is 0.735. The summed E-state index contributed by atoms with van der Waals surface area (Å²) in [6, 6.07) is 0. The van der Waals surface area contributed by atoms with E-state index in [9.17, 15) is 4.79 Å². The van der Waals surface area contributed by atoms with Gasteiger partial charge in [-0.2, -0.15) is 0 Å². The van der Waals surface area contributed by atoms with Crippen LogP contribution in [0.2, 0.25) is 0 Å². The molecule has 2 N–H and O–H groups in total. The summed E-state index contributed by atoms with van der Waals surface area (Å²) in [5, 5.41) is 0. The Balaban J connectivity index is 2.14.